The van der Waals surface area contributed by atoms with Crippen molar-refractivity contribution >= 4 is 36.9 Å². The van der Waals surface area contributed by atoms with Crippen LogP contribution in [0.2, 0.25) is 0 Å². The number of alkyl halides is 1. The molecule has 0 fully saturated rings. The maximum absolute atomic E-state index is 11.3. The molecule has 5 nitrogen and oxygen atoms in total. The average Bonchev–Trinajstić information content (AvgIpc) is 2.81. The number of sulfonamides is 1. The highest BCUT2D eigenvalue weighted by Crippen LogP contribution is 2.27. The van der Waals surface area contributed by atoms with Gasteiger partial charge in [0.15, 0.2) is 0 Å². The summed E-state index contributed by atoms with van der Waals surface area (Å²) in [5.41, 5.74) is -0.755. The Balaban J connectivity index is 2.23. The molecular weight excluding hydrogens is 334 g/mol. The van der Waals surface area contributed by atoms with Gasteiger partial charge in [-0.3, -0.25) is 0 Å². The van der Waals surface area contributed by atoms with E-state index >= 15 is 0 Å². The Hall–Kier alpha value is -0.890. The van der Waals surface area contributed by atoms with Gasteiger partial charge < -0.3 is 9.52 Å². The van der Waals surface area contributed by atoms with Crippen molar-refractivity contribution in [2.45, 2.75) is 12.5 Å². The first-order valence-electron chi connectivity index (χ1n) is 5.59. The lowest BCUT2D eigenvalue weighted by Crippen LogP contribution is -2.38. The number of rotatable bonds is 5. The lowest BCUT2D eigenvalue weighted by molar-refractivity contribution is 0.0412. The van der Waals surface area contributed by atoms with Gasteiger partial charge in [-0.05, 0) is 19.1 Å². The molecule has 2 N–H and O–H groups in total. The van der Waals surface area contributed by atoms with E-state index in [1.165, 1.54) is 6.92 Å². The molecule has 0 radical (unpaired) electrons. The van der Waals surface area contributed by atoms with Gasteiger partial charge in [-0.25, -0.2) is 13.1 Å². The smallest absolute Gasteiger partial charge is 0.221 e. The minimum absolute atomic E-state index is 0.152. The number of para-hydroxylation sites is 1. The van der Waals surface area contributed by atoms with E-state index < -0.39 is 15.6 Å². The second-order valence-corrected chi connectivity index (χ2v) is 7.58. The molecule has 19 heavy (non-hydrogen) atoms. The molecular formula is C12H14BrNO4S. The van der Waals surface area contributed by atoms with Gasteiger partial charge in [-0.15, -0.1) is 0 Å². The topological polar surface area (TPSA) is 79.5 Å². The third-order valence-electron chi connectivity index (χ3n) is 2.74. The van der Waals surface area contributed by atoms with E-state index in [0.717, 1.165) is 5.39 Å². The molecule has 0 bridgehead atoms. The van der Waals surface area contributed by atoms with Crippen LogP contribution >= 0.6 is 15.9 Å². The zero-order valence-corrected chi connectivity index (χ0v) is 12.7. The molecule has 0 aliphatic heterocycles. The monoisotopic (exact) mass is 347 g/mol. The maximum Gasteiger partial charge on any atom is 0.221 e. The Morgan fingerprint density at radius 1 is 1.42 bits per heavy atom. The van der Waals surface area contributed by atoms with Crippen LogP contribution in [0.15, 0.2) is 34.7 Å². The molecule has 2 rings (SSSR count). The number of aliphatic hydroxyl groups is 1. The SMILES string of the molecule is CC(O)(CNS(=O)(=O)CBr)c1cc2ccccc2o1. The Kier molecular flexibility index (Phi) is 4.00. The average molecular weight is 348 g/mol. The van der Waals surface area contributed by atoms with E-state index in [1.54, 1.807) is 12.1 Å². The second-order valence-electron chi connectivity index (χ2n) is 4.47. The minimum atomic E-state index is -3.43. The highest BCUT2D eigenvalue weighted by Gasteiger charge is 2.29. The molecule has 104 valence electrons. The molecule has 1 heterocycles. The van der Waals surface area contributed by atoms with Crippen LogP contribution in [0.3, 0.4) is 0 Å². The van der Waals surface area contributed by atoms with Crippen molar-refractivity contribution in [1.29, 1.82) is 0 Å². The third kappa shape index (κ3) is 3.36. The van der Waals surface area contributed by atoms with Crippen LogP contribution in [0, 0.1) is 0 Å². The largest absolute Gasteiger partial charge is 0.458 e. The van der Waals surface area contributed by atoms with E-state index in [-0.39, 0.29) is 11.2 Å². The number of hydrogen-bond acceptors (Lipinski definition) is 4. The number of hydrogen-bond donors (Lipinski definition) is 2. The van der Waals surface area contributed by atoms with E-state index in [1.807, 2.05) is 18.2 Å². The summed E-state index contributed by atoms with van der Waals surface area (Å²) in [7, 11) is -3.43. The fourth-order valence-electron chi connectivity index (χ4n) is 1.62. The van der Waals surface area contributed by atoms with Crippen molar-refractivity contribution in [3.63, 3.8) is 0 Å². The molecule has 2 aromatic rings. The summed E-state index contributed by atoms with van der Waals surface area (Å²) in [6.07, 6.45) is 0. The predicted octanol–water partition coefficient (Wildman–Crippen LogP) is 1.91. The molecule has 1 aromatic heterocycles. The van der Waals surface area contributed by atoms with Gasteiger partial charge in [0, 0.05) is 11.9 Å². The highest BCUT2D eigenvalue weighted by atomic mass is 79.9. The number of halogens is 1. The Labute approximate surface area is 119 Å². The predicted molar refractivity (Wildman–Crippen MR) is 76.5 cm³/mol. The molecule has 0 amide bonds. The number of benzene rings is 1. The van der Waals surface area contributed by atoms with E-state index in [4.69, 9.17) is 4.42 Å². The molecule has 0 aliphatic carbocycles. The molecule has 0 saturated carbocycles. The molecule has 1 atom stereocenters. The Morgan fingerprint density at radius 2 is 2.11 bits per heavy atom. The van der Waals surface area contributed by atoms with Gasteiger partial charge in [0.05, 0.1) is 0 Å². The van der Waals surface area contributed by atoms with Crippen LogP contribution in [-0.4, -0.2) is 24.7 Å². The quantitative estimate of drug-likeness (QED) is 0.809. The van der Waals surface area contributed by atoms with Gasteiger partial charge in [-0.2, -0.15) is 0 Å². The highest BCUT2D eigenvalue weighted by molar-refractivity contribution is 9.10. The van der Waals surface area contributed by atoms with Crippen LogP contribution in [0.25, 0.3) is 11.0 Å². The zero-order valence-electron chi connectivity index (χ0n) is 10.3. The van der Waals surface area contributed by atoms with Crippen molar-refractivity contribution in [3.05, 3.63) is 36.1 Å². The number of fused-ring (bicyclic) bond motifs is 1. The summed E-state index contributed by atoms with van der Waals surface area (Å²) < 4.78 is 30.3. The molecule has 0 aliphatic rings. The normalized spacial score (nSPS) is 15.5. The molecule has 0 spiro atoms. The fraction of sp³-hybridized carbons (Fsp3) is 0.333. The summed E-state index contributed by atoms with van der Waals surface area (Å²) in [5.74, 6) is 0.325. The zero-order chi connectivity index (χ0) is 14.1. The van der Waals surface area contributed by atoms with Gasteiger partial charge in [0.1, 0.15) is 21.6 Å². The van der Waals surface area contributed by atoms with Crippen molar-refractivity contribution in [2.75, 3.05) is 11.2 Å². The maximum atomic E-state index is 11.3. The lowest BCUT2D eigenvalue weighted by atomic mass is 10.0. The van der Waals surface area contributed by atoms with E-state index in [2.05, 4.69) is 20.7 Å². The van der Waals surface area contributed by atoms with Crippen LogP contribution in [0.4, 0.5) is 0 Å². The number of nitrogens with one attached hydrogen (secondary N) is 1. The lowest BCUT2D eigenvalue weighted by Gasteiger charge is -2.20. The van der Waals surface area contributed by atoms with Gasteiger partial charge in [0.25, 0.3) is 0 Å². The van der Waals surface area contributed by atoms with Gasteiger partial charge in [0.2, 0.25) is 10.0 Å². The van der Waals surface area contributed by atoms with Crippen molar-refractivity contribution < 1.29 is 17.9 Å². The van der Waals surface area contributed by atoms with Gasteiger partial charge >= 0.3 is 0 Å². The van der Waals surface area contributed by atoms with E-state index in [0.29, 0.717) is 11.3 Å². The molecule has 0 saturated heterocycles. The van der Waals surface area contributed by atoms with Crippen molar-refractivity contribution in [3.8, 4) is 0 Å². The first-order valence-corrected chi connectivity index (χ1v) is 8.36. The van der Waals surface area contributed by atoms with Crippen molar-refractivity contribution in [1.82, 2.24) is 4.72 Å². The summed E-state index contributed by atoms with van der Waals surface area (Å²) in [4.78, 5) is 0. The van der Waals surface area contributed by atoms with E-state index in [9.17, 15) is 13.5 Å². The molecule has 7 heteroatoms. The minimum Gasteiger partial charge on any atom is -0.458 e. The van der Waals surface area contributed by atoms with Crippen LogP contribution < -0.4 is 4.72 Å². The summed E-state index contributed by atoms with van der Waals surface area (Å²) in [6, 6.07) is 9.05. The van der Waals surface area contributed by atoms with Gasteiger partial charge in [-0.1, -0.05) is 34.1 Å². The van der Waals surface area contributed by atoms with Crippen molar-refractivity contribution in [2.24, 2.45) is 0 Å². The summed E-state index contributed by atoms with van der Waals surface area (Å²) in [5, 5.41) is 11.2. The van der Waals surface area contributed by atoms with Crippen LogP contribution in [0.1, 0.15) is 12.7 Å². The third-order valence-corrected chi connectivity index (χ3v) is 5.42. The Morgan fingerprint density at radius 3 is 2.74 bits per heavy atom. The van der Waals surface area contributed by atoms with Crippen LogP contribution in [-0.2, 0) is 15.6 Å². The first-order chi connectivity index (χ1) is 8.84. The first kappa shape index (κ1) is 14.5. The molecule has 1 unspecified atom stereocenters. The number of furan rings is 1. The Bertz CT molecular complexity index is 645. The summed E-state index contributed by atoms with van der Waals surface area (Å²) in [6.45, 7) is 1.35. The standard InChI is InChI=1S/C12H14BrNO4S/c1-12(15,7-14-19(16,17)8-13)11-6-9-4-2-3-5-10(9)18-11/h2-6,14-15H,7-8H2,1H3. The van der Waals surface area contributed by atoms with Crippen LogP contribution in [0.5, 0.6) is 0 Å². The second kappa shape index (κ2) is 5.24. The fourth-order valence-corrected chi connectivity index (χ4v) is 2.69. The molecule has 1 aromatic carbocycles. The summed E-state index contributed by atoms with van der Waals surface area (Å²) >= 11 is 2.87.